The topological polar surface area (TPSA) is 66.8 Å². The van der Waals surface area contributed by atoms with Crippen molar-refractivity contribution in [2.75, 3.05) is 19.7 Å². The van der Waals surface area contributed by atoms with Crippen molar-refractivity contribution in [3.8, 4) is 0 Å². The fourth-order valence-corrected chi connectivity index (χ4v) is 1.44. The molecule has 1 heterocycles. The number of hydrogen-bond acceptors (Lipinski definition) is 3. The summed E-state index contributed by atoms with van der Waals surface area (Å²) in [5.74, 6) is -0.992. The molecule has 0 bridgehead atoms. The molecule has 5 heteroatoms. The minimum Gasteiger partial charge on any atom is -0.478 e. The standard InChI is InChI=1S/C11H15NO4/c1-2-16-11(15)12-7-3-4-9(8-12)5-6-10(13)14/h4-6H,2-3,7-8H2,1H3,(H,13,14)/b6-5+. The highest BCUT2D eigenvalue weighted by Crippen LogP contribution is 2.11. The average Bonchev–Trinajstić information content (AvgIpc) is 2.27. The van der Waals surface area contributed by atoms with Gasteiger partial charge in [0.2, 0.25) is 0 Å². The van der Waals surface area contributed by atoms with Gasteiger partial charge in [-0.1, -0.05) is 12.2 Å². The summed E-state index contributed by atoms with van der Waals surface area (Å²) in [6.07, 6.45) is 4.87. The van der Waals surface area contributed by atoms with Crippen LogP contribution in [0.25, 0.3) is 0 Å². The number of carbonyl (C=O) groups excluding carboxylic acids is 1. The third kappa shape index (κ3) is 3.76. The minimum atomic E-state index is -0.992. The Balaban J connectivity index is 2.55. The van der Waals surface area contributed by atoms with Crippen molar-refractivity contribution in [2.45, 2.75) is 13.3 Å². The molecule has 0 atom stereocenters. The van der Waals surface area contributed by atoms with Crippen molar-refractivity contribution in [1.29, 1.82) is 0 Å². The zero-order valence-electron chi connectivity index (χ0n) is 9.18. The van der Waals surface area contributed by atoms with Gasteiger partial charge in [0.25, 0.3) is 0 Å². The number of amides is 1. The Morgan fingerprint density at radius 1 is 1.62 bits per heavy atom. The van der Waals surface area contributed by atoms with Gasteiger partial charge in [0.05, 0.1) is 6.61 Å². The van der Waals surface area contributed by atoms with Crippen LogP contribution in [0.1, 0.15) is 13.3 Å². The average molecular weight is 225 g/mol. The lowest BCUT2D eigenvalue weighted by atomic mass is 10.1. The van der Waals surface area contributed by atoms with Gasteiger partial charge in [-0.3, -0.25) is 0 Å². The molecule has 88 valence electrons. The fraction of sp³-hybridized carbons (Fsp3) is 0.455. The lowest BCUT2D eigenvalue weighted by Crippen LogP contribution is -2.36. The summed E-state index contributed by atoms with van der Waals surface area (Å²) >= 11 is 0. The Hall–Kier alpha value is -1.78. The first-order valence-corrected chi connectivity index (χ1v) is 5.15. The largest absolute Gasteiger partial charge is 0.478 e. The van der Waals surface area contributed by atoms with E-state index in [0.717, 1.165) is 18.1 Å². The van der Waals surface area contributed by atoms with Crippen LogP contribution >= 0.6 is 0 Å². The van der Waals surface area contributed by atoms with Crippen LogP contribution in [0.5, 0.6) is 0 Å². The van der Waals surface area contributed by atoms with Gasteiger partial charge in [-0.15, -0.1) is 0 Å². The van der Waals surface area contributed by atoms with Gasteiger partial charge in [0, 0.05) is 19.2 Å². The highest BCUT2D eigenvalue weighted by atomic mass is 16.6. The van der Waals surface area contributed by atoms with Gasteiger partial charge >= 0.3 is 12.1 Å². The predicted octanol–water partition coefficient (Wildman–Crippen LogP) is 1.42. The van der Waals surface area contributed by atoms with E-state index in [4.69, 9.17) is 9.84 Å². The number of carboxylic acids is 1. The minimum absolute atomic E-state index is 0.347. The first-order valence-electron chi connectivity index (χ1n) is 5.15. The molecular weight excluding hydrogens is 210 g/mol. The SMILES string of the molecule is CCOC(=O)N1CCC=C(/C=C/C(=O)O)C1. The molecule has 0 fully saturated rings. The Kier molecular flexibility index (Phi) is 4.57. The zero-order valence-corrected chi connectivity index (χ0v) is 9.18. The second-order valence-corrected chi connectivity index (χ2v) is 3.36. The molecule has 1 aliphatic rings. The van der Waals surface area contributed by atoms with Crippen LogP contribution in [0.2, 0.25) is 0 Å². The molecule has 0 unspecified atom stereocenters. The summed E-state index contributed by atoms with van der Waals surface area (Å²) in [5.41, 5.74) is 0.821. The van der Waals surface area contributed by atoms with E-state index in [1.54, 1.807) is 11.8 Å². The van der Waals surface area contributed by atoms with Crippen molar-refractivity contribution < 1.29 is 19.4 Å². The summed E-state index contributed by atoms with van der Waals surface area (Å²) in [7, 11) is 0. The maximum atomic E-state index is 11.4. The number of ether oxygens (including phenoxy) is 1. The molecular formula is C11H15NO4. The van der Waals surface area contributed by atoms with E-state index in [1.165, 1.54) is 6.08 Å². The van der Waals surface area contributed by atoms with Gasteiger partial charge in [-0.25, -0.2) is 9.59 Å². The third-order valence-electron chi connectivity index (χ3n) is 2.14. The number of aliphatic carboxylic acids is 1. The molecule has 0 aliphatic carbocycles. The Bertz CT molecular complexity index is 333. The molecule has 1 N–H and O–H groups in total. The van der Waals surface area contributed by atoms with Crippen molar-refractivity contribution in [3.63, 3.8) is 0 Å². The van der Waals surface area contributed by atoms with Crippen LogP contribution in [0.4, 0.5) is 4.79 Å². The summed E-state index contributed by atoms with van der Waals surface area (Å²) in [5, 5.41) is 8.48. The molecule has 0 aromatic heterocycles. The monoisotopic (exact) mass is 225 g/mol. The van der Waals surface area contributed by atoms with Crippen LogP contribution in [-0.2, 0) is 9.53 Å². The lowest BCUT2D eigenvalue weighted by Gasteiger charge is -2.25. The molecule has 0 aromatic carbocycles. The van der Waals surface area contributed by atoms with Crippen molar-refractivity contribution in [1.82, 2.24) is 4.90 Å². The van der Waals surface area contributed by atoms with E-state index in [-0.39, 0.29) is 6.09 Å². The quantitative estimate of drug-likeness (QED) is 0.737. The van der Waals surface area contributed by atoms with Gasteiger partial charge in [0.15, 0.2) is 0 Å². The van der Waals surface area contributed by atoms with Crippen molar-refractivity contribution >= 4 is 12.1 Å². The van der Waals surface area contributed by atoms with Crippen LogP contribution in [0.15, 0.2) is 23.8 Å². The van der Waals surface area contributed by atoms with E-state index in [9.17, 15) is 9.59 Å². The fourth-order valence-electron chi connectivity index (χ4n) is 1.44. The Morgan fingerprint density at radius 3 is 3.00 bits per heavy atom. The number of rotatable bonds is 3. The molecule has 0 radical (unpaired) electrons. The Morgan fingerprint density at radius 2 is 2.38 bits per heavy atom. The first kappa shape index (κ1) is 12.3. The van der Waals surface area contributed by atoms with Gasteiger partial charge in [0.1, 0.15) is 0 Å². The summed E-state index contributed by atoms with van der Waals surface area (Å²) in [6.45, 7) is 3.12. The van der Waals surface area contributed by atoms with Crippen molar-refractivity contribution in [2.24, 2.45) is 0 Å². The number of hydrogen-bond donors (Lipinski definition) is 1. The number of nitrogens with zero attached hydrogens (tertiary/aromatic N) is 1. The molecule has 16 heavy (non-hydrogen) atoms. The molecule has 0 saturated carbocycles. The molecule has 1 amide bonds. The first-order chi connectivity index (χ1) is 7.63. The predicted molar refractivity (Wildman–Crippen MR) is 58.1 cm³/mol. The maximum Gasteiger partial charge on any atom is 0.410 e. The zero-order chi connectivity index (χ0) is 12.0. The molecule has 0 spiro atoms. The van der Waals surface area contributed by atoms with Gasteiger partial charge < -0.3 is 14.7 Å². The smallest absolute Gasteiger partial charge is 0.410 e. The van der Waals surface area contributed by atoms with E-state index >= 15 is 0 Å². The highest BCUT2D eigenvalue weighted by Gasteiger charge is 2.17. The molecule has 5 nitrogen and oxygen atoms in total. The van der Waals surface area contributed by atoms with E-state index in [0.29, 0.717) is 19.7 Å². The van der Waals surface area contributed by atoms with Crippen LogP contribution in [-0.4, -0.2) is 41.8 Å². The summed E-state index contributed by atoms with van der Waals surface area (Å²) in [6, 6.07) is 0. The van der Waals surface area contributed by atoms with Crippen LogP contribution in [0.3, 0.4) is 0 Å². The Labute approximate surface area is 94.0 Å². The van der Waals surface area contributed by atoms with Crippen molar-refractivity contribution in [3.05, 3.63) is 23.8 Å². The highest BCUT2D eigenvalue weighted by molar-refractivity contribution is 5.80. The molecule has 1 rings (SSSR count). The summed E-state index contributed by atoms with van der Waals surface area (Å²) in [4.78, 5) is 23.3. The second kappa shape index (κ2) is 5.95. The molecule has 1 aliphatic heterocycles. The third-order valence-corrected chi connectivity index (χ3v) is 2.14. The van der Waals surface area contributed by atoms with E-state index in [1.807, 2.05) is 6.08 Å². The van der Waals surface area contributed by atoms with E-state index in [2.05, 4.69) is 0 Å². The number of carboxylic acid groups (broad SMARTS) is 1. The van der Waals surface area contributed by atoms with Crippen LogP contribution < -0.4 is 0 Å². The van der Waals surface area contributed by atoms with E-state index < -0.39 is 5.97 Å². The second-order valence-electron chi connectivity index (χ2n) is 3.36. The van der Waals surface area contributed by atoms with Gasteiger partial charge in [-0.2, -0.15) is 0 Å². The normalized spacial score (nSPS) is 16.1. The van der Waals surface area contributed by atoms with Crippen LogP contribution in [0, 0.1) is 0 Å². The number of carbonyl (C=O) groups is 2. The molecule has 0 aromatic rings. The lowest BCUT2D eigenvalue weighted by molar-refractivity contribution is -0.131. The summed E-state index contributed by atoms with van der Waals surface area (Å²) < 4.78 is 4.87. The molecule has 0 saturated heterocycles. The maximum absolute atomic E-state index is 11.4. The van der Waals surface area contributed by atoms with Gasteiger partial charge in [-0.05, 0) is 18.9 Å².